The molecule has 0 aliphatic heterocycles. The number of amides is 1. The lowest BCUT2D eigenvalue weighted by atomic mass is 10.1. The van der Waals surface area contributed by atoms with Gasteiger partial charge < -0.3 is 10.6 Å². The molecule has 2 N–H and O–H groups in total. The summed E-state index contributed by atoms with van der Waals surface area (Å²) in [4.78, 5) is 31.1. The van der Waals surface area contributed by atoms with Crippen LogP contribution < -0.4 is 10.6 Å². The summed E-state index contributed by atoms with van der Waals surface area (Å²) in [5.74, 6) is 0.311. The summed E-state index contributed by atoms with van der Waals surface area (Å²) in [6.45, 7) is 0. The van der Waals surface area contributed by atoms with Gasteiger partial charge in [-0.15, -0.1) is 0 Å². The van der Waals surface area contributed by atoms with Gasteiger partial charge in [0.15, 0.2) is 0 Å². The molecular formula is C25H19N5O3. The average Bonchev–Trinajstić information content (AvgIpc) is 2.85. The predicted molar refractivity (Wildman–Crippen MR) is 128 cm³/mol. The zero-order valence-corrected chi connectivity index (χ0v) is 17.4. The van der Waals surface area contributed by atoms with Crippen molar-refractivity contribution < 1.29 is 9.72 Å². The predicted octanol–water partition coefficient (Wildman–Crippen LogP) is 5.45. The molecule has 3 aromatic carbocycles. The lowest BCUT2D eigenvalue weighted by Crippen LogP contribution is -2.07. The standard InChI is InChI=1S/C25H19N5O3/c31-25(14-9-18-5-4-8-22(15-18)30(32)33)29-21-12-10-20(11-13-21)28-24-16-23(26-17-27-24)19-6-2-1-3-7-19/h1-17H,(H,29,31)(H,26,27,28)/b14-9+. The quantitative estimate of drug-likeness (QED) is 0.226. The Bertz CT molecular complexity index is 1310. The van der Waals surface area contributed by atoms with E-state index >= 15 is 0 Å². The molecule has 162 valence electrons. The van der Waals surface area contributed by atoms with Gasteiger partial charge in [-0.2, -0.15) is 0 Å². The molecule has 4 aromatic rings. The second-order valence-electron chi connectivity index (χ2n) is 7.03. The monoisotopic (exact) mass is 437 g/mol. The van der Waals surface area contributed by atoms with Crippen molar-refractivity contribution in [3.63, 3.8) is 0 Å². The number of nitrogens with zero attached hydrogens (tertiary/aromatic N) is 3. The smallest absolute Gasteiger partial charge is 0.270 e. The molecule has 1 aromatic heterocycles. The van der Waals surface area contributed by atoms with Gasteiger partial charge in [0.2, 0.25) is 5.91 Å². The van der Waals surface area contributed by atoms with Crippen LogP contribution in [0.4, 0.5) is 22.9 Å². The number of benzene rings is 3. The van der Waals surface area contributed by atoms with Crippen molar-refractivity contribution in [2.24, 2.45) is 0 Å². The number of hydrogen-bond acceptors (Lipinski definition) is 6. The number of carbonyl (C=O) groups is 1. The second-order valence-corrected chi connectivity index (χ2v) is 7.03. The van der Waals surface area contributed by atoms with Gasteiger partial charge in [0.1, 0.15) is 12.1 Å². The van der Waals surface area contributed by atoms with Crippen LogP contribution in [0.2, 0.25) is 0 Å². The third kappa shape index (κ3) is 5.86. The lowest BCUT2D eigenvalue weighted by Gasteiger charge is -2.08. The number of nitrogens with one attached hydrogen (secondary N) is 2. The van der Waals surface area contributed by atoms with Crippen molar-refractivity contribution >= 4 is 34.9 Å². The first-order chi connectivity index (χ1) is 16.1. The Kier molecular flexibility index (Phi) is 6.46. The van der Waals surface area contributed by atoms with Crippen LogP contribution in [-0.4, -0.2) is 20.8 Å². The normalized spacial score (nSPS) is 10.7. The maximum Gasteiger partial charge on any atom is 0.270 e. The Balaban J connectivity index is 1.37. The number of nitro benzene ring substituents is 1. The first kappa shape index (κ1) is 21.4. The molecule has 0 spiro atoms. The maximum atomic E-state index is 12.2. The second kappa shape index (κ2) is 9.97. The van der Waals surface area contributed by atoms with E-state index in [1.807, 2.05) is 48.5 Å². The molecule has 0 unspecified atom stereocenters. The topological polar surface area (TPSA) is 110 Å². The number of nitro groups is 1. The molecule has 0 bridgehead atoms. The zero-order chi connectivity index (χ0) is 23.0. The summed E-state index contributed by atoms with van der Waals surface area (Å²) < 4.78 is 0. The molecule has 0 atom stereocenters. The van der Waals surface area contributed by atoms with E-state index in [1.54, 1.807) is 24.3 Å². The van der Waals surface area contributed by atoms with Crippen molar-refractivity contribution in [1.82, 2.24) is 9.97 Å². The molecule has 1 amide bonds. The van der Waals surface area contributed by atoms with E-state index in [1.165, 1.54) is 30.6 Å². The molecule has 0 radical (unpaired) electrons. The number of rotatable bonds is 7. The highest BCUT2D eigenvalue weighted by atomic mass is 16.6. The number of non-ortho nitro benzene ring substituents is 1. The first-order valence-corrected chi connectivity index (χ1v) is 10.0. The van der Waals surface area contributed by atoms with Gasteiger partial charge in [0, 0.05) is 41.2 Å². The fourth-order valence-electron chi connectivity index (χ4n) is 3.08. The highest BCUT2D eigenvalue weighted by Gasteiger charge is 2.05. The van der Waals surface area contributed by atoms with E-state index < -0.39 is 4.92 Å². The Hall–Kier alpha value is -4.85. The number of hydrogen-bond donors (Lipinski definition) is 2. The molecule has 0 aliphatic carbocycles. The molecule has 0 fully saturated rings. The van der Waals surface area contributed by atoms with Gasteiger partial charge >= 0.3 is 0 Å². The maximum absolute atomic E-state index is 12.2. The molecule has 1 heterocycles. The summed E-state index contributed by atoms with van der Waals surface area (Å²) in [6.07, 6.45) is 4.36. The van der Waals surface area contributed by atoms with Crippen molar-refractivity contribution in [1.29, 1.82) is 0 Å². The number of carbonyl (C=O) groups excluding carboxylic acids is 1. The van der Waals surface area contributed by atoms with E-state index in [0.717, 1.165) is 16.9 Å². The first-order valence-electron chi connectivity index (χ1n) is 10.0. The van der Waals surface area contributed by atoms with Gasteiger partial charge in [0.25, 0.3) is 5.69 Å². The highest BCUT2D eigenvalue weighted by Crippen LogP contribution is 2.22. The average molecular weight is 437 g/mol. The van der Waals surface area contributed by atoms with Crippen LogP contribution in [-0.2, 0) is 4.79 Å². The Labute approximate surface area is 189 Å². The minimum Gasteiger partial charge on any atom is -0.340 e. The Morgan fingerprint density at radius 1 is 0.879 bits per heavy atom. The van der Waals surface area contributed by atoms with Crippen molar-refractivity contribution in [2.45, 2.75) is 0 Å². The van der Waals surface area contributed by atoms with Crippen LogP contribution in [0.25, 0.3) is 17.3 Å². The van der Waals surface area contributed by atoms with Gasteiger partial charge in [-0.1, -0.05) is 42.5 Å². The summed E-state index contributed by atoms with van der Waals surface area (Å²) >= 11 is 0. The molecule has 0 saturated carbocycles. The van der Waals surface area contributed by atoms with E-state index in [9.17, 15) is 14.9 Å². The van der Waals surface area contributed by atoms with Gasteiger partial charge in [-0.3, -0.25) is 14.9 Å². The van der Waals surface area contributed by atoms with Crippen LogP contribution >= 0.6 is 0 Å². The van der Waals surface area contributed by atoms with Crippen LogP contribution in [0.3, 0.4) is 0 Å². The van der Waals surface area contributed by atoms with Gasteiger partial charge in [-0.05, 0) is 35.9 Å². The van der Waals surface area contributed by atoms with E-state index in [2.05, 4.69) is 20.6 Å². The lowest BCUT2D eigenvalue weighted by molar-refractivity contribution is -0.384. The SMILES string of the molecule is O=C(/C=C/c1cccc([N+](=O)[O-])c1)Nc1ccc(Nc2cc(-c3ccccc3)ncn2)cc1. The van der Waals surface area contributed by atoms with Crippen LogP contribution in [0.1, 0.15) is 5.56 Å². The minimum absolute atomic E-state index is 0.0276. The van der Waals surface area contributed by atoms with E-state index in [4.69, 9.17) is 0 Å². The van der Waals surface area contributed by atoms with Gasteiger partial charge in [0.05, 0.1) is 10.6 Å². The van der Waals surface area contributed by atoms with Crippen molar-refractivity contribution in [2.75, 3.05) is 10.6 Å². The summed E-state index contributed by atoms with van der Waals surface area (Å²) in [5.41, 5.74) is 3.77. The molecule has 4 rings (SSSR count). The largest absolute Gasteiger partial charge is 0.340 e. The van der Waals surface area contributed by atoms with E-state index in [-0.39, 0.29) is 11.6 Å². The van der Waals surface area contributed by atoms with Gasteiger partial charge in [-0.25, -0.2) is 9.97 Å². The van der Waals surface area contributed by atoms with Crippen LogP contribution in [0.15, 0.2) is 97.3 Å². The molecular weight excluding hydrogens is 418 g/mol. The Morgan fingerprint density at radius 3 is 2.39 bits per heavy atom. The van der Waals surface area contributed by atoms with Crippen LogP contribution in [0, 0.1) is 10.1 Å². The fraction of sp³-hybridized carbons (Fsp3) is 0. The summed E-state index contributed by atoms with van der Waals surface area (Å²) in [7, 11) is 0. The fourth-order valence-corrected chi connectivity index (χ4v) is 3.08. The van der Waals surface area contributed by atoms with E-state index in [0.29, 0.717) is 17.1 Å². The highest BCUT2D eigenvalue weighted by molar-refractivity contribution is 6.02. The van der Waals surface area contributed by atoms with Crippen LogP contribution in [0.5, 0.6) is 0 Å². The Morgan fingerprint density at radius 2 is 1.64 bits per heavy atom. The third-order valence-electron chi connectivity index (χ3n) is 4.67. The molecule has 33 heavy (non-hydrogen) atoms. The molecule has 8 nitrogen and oxygen atoms in total. The number of aromatic nitrogens is 2. The molecule has 8 heteroatoms. The molecule has 0 aliphatic rings. The molecule has 0 saturated heterocycles. The summed E-state index contributed by atoms with van der Waals surface area (Å²) in [6, 6.07) is 24.9. The minimum atomic E-state index is -0.475. The zero-order valence-electron chi connectivity index (χ0n) is 17.4. The summed E-state index contributed by atoms with van der Waals surface area (Å²) in [5, 5.41) is 16.8. The van der Waals surface area contributed by atoms with Crippen molar-refractivity contribution in [3.8, 4) is 11.3 Å². The van der Waals surface area contributed by atoms with Crippen molar-refractivity contribution in [3.05, 3.63) is 113 Å². The number of anilines is 3. The third-order valence-corrected chi connectivity index (χ3v) is 4.67.